The molecule has 0 radical (unpaired) electrons. The van der Waals surface area contributed by atoms with Gasteiger partial charge in [-0.3, -0.25) is 0 Å². The molecule has 1 aromatic carbocycles. The van der Waals surface area contributed by atoms with Gasteiger partial charge >= 0.3 is 0 Å². The van der Waals surface area contributed by atoms with Gasteiger partial charge in [-0.15, -0.1) is 11.3 Å². The molecule has 0 aliphatic heterocycles. The van der Waals surface area contributed by atoms with Crippen molar-refractivity contribution in [2.75, 3.05) is 0 Å². The zero-order chi connectivity index (χ0) is 12.6. The Morgan fingerprint density at radius 2 is 2.00 bits per heavy atom. The number of hydrogen-bond acceptors (Lipinski definition) is 2. The standard InChI is InChI=1S/C12H9BrCl2OS/c1-6-4-9(13)12(17-6)11(16)8-3-2-7(14)5-10(8)15/h2-5,11,16H,1H3. The number of rotatable bonds is 2. The topological polar surface area (TPSA) is 20.2 Å². The van der Waals surface area contributed by atoms with Gasteiger partial charge in [-0.05, 0) is 41.1 Å². The Kier molecular flexibility index (Phi) is 4.16. The smallest absolute Gasteiger partial charge is 0.116 e. The molecule has 2 aromatic rings. The molecular weight excluding hydrogens is 343 g/mol. The van der Waals surface area contributed by atoms with Crippen LogP contribution in [0.15, 0.2) is 28.7 Å². The molecule has 0 aliphatic carbocycles. The van der Waals surface area contributed by atoms with Crippen LogP contribution in [0.4, 0.5) is 0 Å². The maximum absolute atomic E-state index is 10.3. The molecule has 0 fully saturated rings. The van der Waals surface area contributed by atoms with Crippen molar-refractivity contribution >= 4 is 50.5 Å². The van der Waals surface area contributed by atoms with Crippen molar-refractivity contribution in [1.29, 1.82) is 0 Å². The second-order valence-corrected chi connectivity index (χ2v) is 6.62. The third kappa shape index (κ3) is 2.85. The molecule has 0 saturated carbocycles. The lowest BCUT2D eigenvalue weighted by molar-refractivity contribution is 0.223. The van der Waals surface area contributed by atoms with E-state index in [1.165, 1.54) is 0 Å². The van der Waals surface area contributed by atoms with Gasteiger partial charge in [-0.2, -0.15) is 0 Å². The maximum Gasteiger partial charge on any atom is 0.116 e. The molecule has 0 bridgehead atoms. The van der Waals surface area contributed by atoms with Crippen LogP contribution < -0.4 is 0 Å². The summed E-state index contributed by atoms with van der Waals surface area (Å²) in [6, 6.07) is 7.08. The quantitative estimate of drug-likeness (QED) is 0.787. The van der Waals surface area contributed by atoms with E-state index in [1.807, 2.05) is 13.0 Å². The third-order valence-corrected chi connectivity index (χ3v) is 4.93. The van der Waals surface area contributed by atoms with Crippen molar-refractivity contribution in [3.63, 3.8) is 0 Å². The highest BCUT2D eigenvalue weighted by molar-refractivity contribution is 9.10. The van der Waals surface area contributed by atoms with Crippen molar-refractivity contribution in [2.24, 2.45) is 0 Å². The molecule has 90 valence electrons. The van der Waals surface area contributed by atoms with Crippen LogP contribution in [0, 0.1) is 6.92 Å². The summed E-state index contributed by atoms with van der Waals surface area (Å²) in [6.07, 6.45) is -0.729. The molecule has 0 aliphatic rings. The first kappa shape index (κ1) is 13.4. The van der Waals surface area contributed by atoms with Gasteiger partial charge in [0.15, 0.2) is 0 Å². The number of halogens is 3. The fourth-order valence-corrected chi connectivity index (χ4v) is 3.94. The molecule has 1 N–H and O–H groups in total. The summed E-state index contributed by atoms with van der Waals surface area (Å²) in [5.74, 6) is 0. The Labute approximate surface area is 122 Å². The molecule has 1 aromatic heterocycles. The Morgan fingerprint density at radius 3 is 2.53 bits per heavy atom. The first-order valence-electron chi connectivity index (χ1n) is 4.88. The number of hydrogen-bond donors (Lipinski definition) is 1. The largest absolute Gasteiger partial charge is 0.383 e. The van der Waals surface area contributed by atoms with Gasteiger partial charge in [0, 0.05) is 25.0 Å². The van der Waals surface area contributed by atoms with Crippen molar-refractivity contribution in [1.82, 2.24) is 0 Å². The molecule has 1 unspecified atom stereocenters. The second kappa shape index (κ2) is 5.29. The monoisotopic (exact) mass is 350 g/mol. The van der Waals surface area contributed by atoms with Gasteiger partial charge < -0.3 is 5.11 Å². The van der Waals surface area contributed by atoms with Crippen molar-refractivity contribution in [2.45, 2.75) is 13.0 Å². The minimum absolute atomic E-state index is 0.475. The van der Waals surface area contributed by atoms with Crippen LogP contribution in [0.3, 0.4) is 0 Å². The predicted octanol–water partition coefficient (Wildman–Crippen LogP) is 5.21. The highest BCUT2D eigenvalue weighted by Gasteiger charge is 2.19. The molecule has 1 atom stereocenters. The molecule has 5 heteroatoms. The van der Waals surface area contributed by atoms with Crippen molar-refractivity contribution < 1.29 is 5.11 Å². The highest BCUT2D eigenvalue weighted by atomic mass is 79.9. The lowest BCUT2D eigenvalue weighted by Gasteiger charge is -2.12. The van der Waals surface area contributed by atoms with Crippen LogP contribution in [0.2, 0.25) is 10.0 Å². The molecule has 1 heterocycles. The predicted molar refractivity (Wildman–Crippen MR) is 77.3 cm³/mol. The van der Waals surface area contributed by atoms with Crippen LogP contribution >= 0.6 is 50.5 Å². The van der Waals surface area contributed by atoms with Gasteiger partial charge in [-0.1, -0.05) is 29.3 Å². The molecule has 0 amide bonds. The lowest BCUT2D eigenvalue weighted by Crippen LogP contribution is -1.98. The molecule has 17 heavy (non-hydrogen) atoms. The second-order valence-electron chi connectivity index (χ2n) is 3.64. The number of aliphatic hydroxyl groups excluding tert-OH is 1. The first-order chi connectivity index (χ1) is 7.99. The maximum atomic E-state index is 10.3. The van der Waals surface area contributed by atoms with E-state index in [1.54, 1.807) is 29.5 Å². The Balaban J connectivity index is 2.43. The summed E-state index contributed by atoms with van der Waals surface area (Å²) in [5.41, 5.74) is 0.665. The van der Waals surface area contributed by atoms with Crippen LogP contribution in [-0.4, -0.2) is 5.11 Å². The van der Waals surface area contributed by atoms with E-state index in [-0.39, 0.29) is 0 Å². The van der Waals surface area contributed by atoms with Crippen LogP contribution in [0.1, 0.15) is 21.4 Å². The van der Waals surface area contributed by atoms with Crippen LogP contribution in [0.5, 0.6) is 0 Å². The van der Waals surface area contributed by atoms with E-state index in [0.29, 0.717) is 15.6 Å². The summed E-state index contributed by atoms with van der Waals surface area (Å²) < 4.78 is 0.901. The molecular formula is C12H9BrCl2OS. The summed E-state index contributed by atoms with van der Waals surface area (Å²) >= 11 is 16.9. The Morgan fingerprint density at radius 1 is 1.29 bits per heavy atom. The van der Waals surface area contributed by atoms with E-state index in [0.717, 1.165) is 14.2 Å². The molecule has 0 saturated heterocycles. The zero-order valence-corrected chi connectivity index (χ0v) is 12.8. The summed E-state index contributed by atoms with van der Waals surface area (Å²) in [6.45, 7) is 2.00. The number of aliphatic hydroxyl groups is 1. The van der Waals surface area contributed by atoms with Gasteiger partial charge in [-0.25, -0.2) is 0 Å². The summed E-state index contributed by atoms with van der Waals surface area (Å²) in [5, 5.41) is 11.3. The van der Waals surface area contributed by atoms with E-state index in [2.05, 4.69) is 15.9 Å². The van der Waals surface area contributed by atoms with E-state index >= 15 is 0 Å². The van der Waals surface area contributed by atoms with Gasteiger partial charge in [0.1, 0.15) is 6.10 Å². The van der Waals surface area contributed by atoms with E-state index in [9.17, 15) is 5.11 Å². The normalized spacial score (nSPS) is 12.8. The average molecular weight is 352 g/mol. The molecule has 0 spiro atoms. The van der Waals surface area contributed by atoms with E-state index < -0.39 is 6.10 Å². The van der Waals surface area contributed by atoms with Crippen LogP contribution in [-0.2, 0) is 0 Å². The minimum Gasteiger partial charge on any atom is -0.383 e. The zero-order valence-electron chi connectivity index (χ0n) is 8.88. The van der Waals surface area contributed by atoms with Crippen LogP contribution in [0.25, 0.3) is 0 Å². The number of aryl methyl sites for hydroxylation is 1. The molecule has 1 nitrogen and oxygen atoms in total. The SMILES string of the molecule is Cc1cc(Br)c(C(O)c2ccc(Cl)cc2Cl)s1. The lowest BCUT2D eigenvalue weighted by atomic mass is 10.1. The Hall–Kier alpha value is -0.0600. The summed E-state index contributed by atoms with van der Waals surface area (Å²) in [7, 11) is 0. The minimum atomic E-state index is -0.729. The average Bonchev–Trinajstić information content (AvgIpc) is 2.57. The van der Waals surface area contributed by atoms with E-state index in [4.69, 9.17) is 23.2 Å². The third-order valence-electron chi connectivity index (χ3n) is 2.34. The highest BCUT2D eigenvalue weighted by Crippen LogP contribution is 2.38. The fourth-order valence-electron chi connectivity index (χ4n) is 1.55. The van der Waals surface area contributed by atoms with Crippen molar-refractivity contribution in [3.8, 4) is 0 Å². The van der Waals surface area contributed by atoms with Gasteiger partial charge in [0.05, 0.1) is 4.88 Å². The first-order valence-corrected chi connectivity index (χ1v) is 7.24. The summed E-state index contributed by atoms with van der Waals surface area (Å²) in [4.78, 5) is 1.99. The van der Waals surface area contributed by atoms with Crippen molar-refractivity contribution in [3.05, 3.63) is 54.1 Å². The van der Waals surface area contributed by atoms with Gasteiger partial charge in [0.25, 0.3) is 0 Å². The fraction of sp³-hybridized carbons (Fsp3) is 0.167. The number of benzene rings is 1. The Bertz CT molecular complexity index is 553. The van der Waals surface area contributed by atoms with Gasteiger partial charge in [0.2, 0.25) is 0 Å². The number of thiophene rings is 1. The molecule has 2 rings (SSSR count).